The second-order valence-corrected chi connectivity index (χ2v) is 3.93. The number of likely N-dealkylation sites (N-methyl/N-ethyl adjacent to an activating group) is 1. The summed E-state index contributed by atoms with van der Waals surface area (Å²) in [6.07, 6.45) is 2.72. The molecular weight excluding hydrogens is 178 g/mol. The quantitative estimate of drug-likeness (QED) is 0.714. The van der Waals surface area contributed by atoms with Gasteiger partial charge in [0.25, 0.3) is 0 Å². The molecule has 0 unspecified atom stereocenters. The summed E-state index contributed by atoms with van der Waals surface area (Å²) in [5.74, 6) is 0.163. The van der Waals surface area contributed by atoms with Gasteiger partial charge in [0, 0.05) is 32.6 Å². The van der Waals surface area contributed by atoms with Gasteiger partial charge >= 0.3 is 0 Å². The Kier molecular flexibility index (Phi) is 4.90. The zero-order chi connectivity index (χ0) is 10.4. The van der Waals surface area contributed by atoms with Crippen molar-refractivity contribution in [2.45, 2.75) is 26.2 Å². The first kappa shape index (κ1) is 11.5. The van der Waals surface area contributed by atoms with Gasteiger partial charge < -0.3 is 4.90 Å². The molecule has 4 heteroatoms. The fourth-order valence-electron chi connectivity index (χ4n) is 1.49. The SMILES string of the molecule is CCCCC(=O)NN1CCN(C)CC1. The van der Waals surface area contributed by atoms with Crippen molar-refractivity contribution in [1.29, 1.82) is 0 Å². The highest BCUT2D eigenvalue weighted by atomic mass is 16.2. The third-order valence-electron chi connectivity index (χ3n) is 2.54. The standard InChI is InChI=1S/C10H21N3O/c1-3-4-5-10(14)11-13-8-6-12(2)7-9-13/h3-9H2,1-2H3,(H,11,14). The Labute approximate surface area is 86.2 Å². The van der Waals surface area contributed by atoms with E-state index in [-0.39, 0.29) is 5.91 Å². The van der Waals surface area contributed by atoms with Crippen LogP contribution in [-0.4, -0.2) is 49.0 Å². The number of unbranched alkanes of at least 4 members (excludes halogenated alkanes) is 1. The van der Waals surface area contributed by atoms with Crippen molar-refractivity contribution in [2.75, 3.05) is 33.2 Å². The average molecular weight is 199 g/mol. The molecular formula is C10H21N3O. The molecule has 1 heterocycles. The van der Waals surface area contributed by atoms with Crippen LogP contribution < -0.4 is 5.43 Å². The van der Waals surface area contributed by atoms with Crippen molar-refractivity contribution in [2.24, 2.45) is 0 Å². The maximum Gasteiger partial charge on any atom is 0.234 e. The second-order valence-electron chi connectivity index (χ2n) is 3.93. The van der Waals surface area contributed by atoms with Crippen LogP contribution in [0.5, 0.6) is 0 Å². The van der Waals surface area contributed by atoms with E-state index in [1.807, 2.05) is 5.01 Å². The molecule has 1 fully saturated rings. The average Bonchev–Trinajstić information content (AvgIpc) is 2.18. The van der Waals surface area contributed by atoms with E-state index >= 15 is 0 Å². The second kappa shape index (κ2) is 5.98. The third kappa shape index (κ3) is 4.07. The molecule has 1 aliphatic rings. The van der Waals surface area contributed by atoms with E-state index in [1.54, 1.807) is 0 Å². The number of carbonyl (C=O) groups is 1. The van der Waals surface area contributed by atoms with Gasteiger partial charge in [-0.2, -0.15) is 0 Å². The summed E-state index contributed by atoms with van der Waals surface area (Å²) in [6.45, 7) is 6.05. The van der Waals surface area contributed by atoms with Gasteiger partial charge in [-0.25, -0.2) is 5.01 Å². The Morgan fingerprint density at radius 2 is 1.93 bits per heavy atom. The highest BCUT2D eigenvalue weighted by Crippen LogP contribution is 1.98. The minimum atomic E-state index is 0.163. The van der Waals surface area contributed by atoms with E-state index in [0.29, 0.717) is 6.42 Å². The molecule has 0 atom stereocenters. The van der Waals surface area contributed by atoms with Gasteiger partial charge in [0.05, 0.1) is 0 Å². The van der Waals surface area contributed by atoms with Gasteiger partial charge in [-0.05, 0) is 13.5 Å². The monoisotopic (exact) mass is 199 g/mol. The summed E-state index contributed by atoms with van der Waals surface area (Å²) >= 11 is 0. The molecule has 14 heavy (non-hydrogen) atoms. The molecule has 0 aromatic heterocycles. The molecule has 1 rings (SSSR count). The van der Waals surface area contributed by atoms with Crippen molar-refractivity contribution < 1.29 is 4.79 Å². The molecule has 82 valence electrons. The fraction of sp³-hybridized carbons (Fsp3) is 0.900. The minimum Gasteiger partial charge on any atom is -0.304 e. The van der Waals surface area contributed by atoms with Crippen molar-refractivity contribution in [3.63, 3.8) is 0 Å². The number of nitrogens with one attached hydrogen (secondary N) is 1. The Morgan fingerprint density at radius 3 is 2.50 bits per heavy atom. The number of hydrazine groups is 1. The van der Waals surface area contributed by atoms with E-state index in [9.17, 15) is 4.79 Å². The molecule has 0 aromatic rings. The number of piperazine rings is 1. The van der Waals surface area contributed by atoms with Crippen LogP contribution in [0, 0.1) is 0 Å². The largest absolute Gasteiger partial charge is 0.304 e. The fourth-order valence-corrected chi connectivity index (χ4v) is 1.49. The Balaban J connectivity index is 2.14. The molecule has 0 aromatic carbocycles. The maximum atomic E-state index is 11.4. The summed E-state index contributed by atoms with van der Waals surface area (Å²) in [5, 5.41) is 2.03. The van der Waals surface area contributed by atoms with Crippen molar-refractivity contribution in [3.05, 3.63) is 0 Å². The Bertz CT molecular complexity index is 176. The van der Waals surface area contributed by atoms with Crippen LogP contribution in [0.1, 0.15) is 26.2 Å². The van der Waals surface area contributed by atoms with Gasteiger partial charge in [-0.15, -0.1) is 0 Å². The van der Waals surface area contributed by atoms with E-state index in [0.717, 1.165) is 39.0 Å². The number of hydrogen-bond donors (Lipinski definition) is 1. The highest BCUT2D eigenvalue weighted by Gasteiger charge is 2.14. The van der Waals surface area contributed by atoms with Crippen LogP contribution in [0.25, 0.3) is 0 Å². The van der Waals surface area contributed by atoms with Crippen molar-refractivity contribution in [1.82, 2.24) is 15.3 Å². The molecule has 0 aliphatic carbocycles. The van der Waals surface area contributed by atoms with Crippen LogP contribution in [0.15, 0.2) is 0 Å². The smallest absolute Gasteiger partial charge is 0.234 e. The molecule has 1 amide bonds. The summed E-state index contributed by atoms with van der Waals surface area (Å²) in [6, 6.07) is 0. The molecule has 4 nitrogen and oxygen atoms in total. The van der Waals surface area contributed by atoms with Crippen LogP contribution in [0.4, 0.5) is 0 Å². The lowest BCUT2D eigenvalue weighted by molar-refractivity contribution is -0.126. The molecule has 0 spiro atoms. The van der Waals surface area contributed by atoms with E-state index in [2.05, 4.69) is 24.3 Å². The molecule has 0 saturated carbocycles. The van der Waals surface area contributed by atoms with Gasteiger partial charge in [0.2, 0.25) is 5.91 Å². The lowest BCUT2D eigenvalue weighted by Crippen LogP contribution is -2.52. The van der Waals surface area contributed by atoms with Crippen LogP contribution >= 0.6 is 0 Å². The lowest BCUT2D eigenvalue weighted by atomic mass is 10.2. The lowest BCUT2D eigenvalue weighted by Gasteiger charge is -2.32. The van der Waals surface area contributed by atoms with Crippen molar-refractivity contribution in [3.8, 4) is 0 Å². The topological polar surface area (TPSA) is 35.6 Å². The van der Waals surface area contributed by atoms with E-state index < -0.39 is 0 Å². The summed E-state index contributed by atoms with van der Waals surface area (Å²) in [7, 11) is 2.11. The summed E-state index contributed by atoms with van der Waals surface area (Å²) in [5.41, 5.74) is 2.94. The van der Waals surface area contributed by atoms with E-state index in [1.165, 1.54) is 0 Å². The Morgan fingerprint density at radius 1 is 1.29 bits per heavy atom. The van der Waals surface area contributed by atoms with Gasteiger partial charge in [-0.1, -0.05) is 13.3 Å². The van der Waals surface area contributed by atoms with Crippen LogP contribution in [0.2, 0.25) is 0 Å². The highest BCUT2D eigenvalue weighted by molar-refractivity contribution is 5.75. The Hall–Kier alpha value is -0.610. The van der Waals surface area contributed by atoms with E-state index in [4.69, 9.17) is 0 Å². The number of nitrogens with zero attached hydrogens (tertiary/aromatic N) is 2. The predicted molar refractivity (Wildman–Crippen MR) is 56.7 cm³/mol. The first-order valence-corrected chi connectivity index (χ1v) is 5.45. The van der Waals surface area contributed by atoms with Crippen molar-refractivity contribution >= 4 is 5.91 Å². The number of rotatable bonds is 4. The maximum absolute atomic E-state index is 11.4. The minimum absolute atomic E-state index is 0.163. The molecule has 1 aliphatic heterocycles. The molecule has 0 bridgehead atoms. The first-order chi connectivity index (χ1) is 6.72. The number of hydrogen-bond acceptors (Lipinski definition) is 3. The molecule has 0 radical (unpaired) electrons. The summed E-state index contributed by atoms with van der Waals surface area (Å²) < 4.78 is 0. The predicted octanol–water partition coefficient (Wildman–Crippen LogP) is 0.455. The third-order valence-corrected chi connectivity index (χ3v) is 2.54. The van der Waals surface area contributed by atoms with Gasteiger partial charge in [-0.3, -0.25) is 10.2 Å². The molecule has 1 N–H and O–H groups in total. The normalized spacial score (nSPS) is 19.6. The zero-order valence-corrected chi connectivity index (χ0v) is 9.25. The number of amides is 1. The van der Waals surface area contributed by atoms with Crippen LogP contribution in [0.3, 0.4) is 0 Å². The zero-order valence-electron chi connectivity index (χ0n) is 9.25. The summed E-state index contributed by atoms with van der Waals surface area (Å²) in [4.78, 5) is 13.7. The first-order valence-electron chi connectivity index (χ1n) is 5.45. The van der Waals surface area contributed by atoms with Crippen LogP contribution in [-0.2, 0) is 4.79 Å². The van der Waals surface area contributed by atoms with Gasteiger partial charge in [0.1, 0.15) is 0 Å². The molecule has 1 saturated heterocycles. The van der Waals surface area contributed by atoms with Gasteiger partial charge in [0.15, 0.2) is 0 Å². The number of carbonyl (C=O) groups excluding carboxylic acids is 1.